The van der Waals surface area contributed by atoms with Crippen molar-refractivity contribution in [2.24, 2.45) is 5.73 Å². The van der Waals surface area contributed by atoms with E-state index in [1.54, 1.807) is 0 Å². The van der Waals surface area contributed by atoms with Gasteiger partial charge in [-0.1, -0.05) is 11.6 Å². The number of β-lactam (4-membered cyclic amide) rings is 1. The Kier molecular flexibility index (Phi) is 3.01. The zero-order chi connectivity index (χ0) is 12.7. The molecule has 0 aromatic carbocycles. The molecule has 0 radical (unpaired) electrons. The molecule has 92 valence electrons. The first-order valence-corrected chi connectivity index (χ1v) is 6.30. The Hall–Kier alpha value is -1.27. The van der Waals surface area contributed by atoms with E-state index in [-0.39, 0.29) is 17.0 Å². The van der Waals surface area contributed by atoms with Crippen molar-refractivity contribution < 1.29 is 14.7 Å². The van der Waals surface area contributed by atoms with E-state index in [0.717, 1.165) is 5.57 Å². The van der Waals surface area contributed by atoms with E-state index in [2.05, 4.69) is 0 Å². The Balaban J connectivity index is 2.44. The fourth-order valence-corrected chi connectivity index (χ4v) is 3.25. The Bertz CT molecular complexity index is 452. The number of nitrogens with two attached hydrogens (primary N) is 1. The Morgan fingerprint density at radius 1 is 1.59 bits per heavy atom. The molecule has 17 heavy (non-hydrogen) atoms. The molecule has 6 heteroatoms. The van der Waals surface area contributed by atoms with Crippen LogP contribution in [0.4, 0.5) is 0 Å². The van der Waals surface area contributed by atoms with Gasteiger partial charge < -0.3 is 10.8 Å². The number of nitrogens with zero attached hydrogens (tertiary/aromatic N) is 1. The van der Waals surface area contributed by atoms with Crippen molar-refractivity contribution in [3.05, 3.63) is 22.9 Å². The molecule has 2 rings (SSSR count). The Morgan fingerprint density at radius 2 is 2.24 bits per heavy atom. The molecular weight excluding hydrogens is 240 g/mol. The third kappa shape index (κ3) is 1.87. The van der Waals surface area contributed by atoms with Crippen LogP contribution in [0.3, 0.4) is 0 Å². The van der Waals surface area contributed by atoms with E-state index < -0.39 is 12.0 Å². The quantitative estimate of drug-likeness (QED) is 0.702. The number of fused-ring (bicyclic) bond motifs is 1. The second-order valence-electron chi connectivity index (χ2n) is 4.34. The van der Waals surface area contributed by atoms with Crippen molar-refractivity contribution in [2.45, 2.75) is 25.3 Å². The first-order valence-electron chi connectivity index (χ1n) is 5.25. The molecular formula is C11H14N2O3S. The fraction of sp³-hybridized carbons (Fsp3) is 0.455. The van der Waals surface area contributed by atoms with Crippen LogP contribution in [0.2, 0.25) is 0 Å². The number of aliphatic carboxylic acids is 1. The zero-order valence-electron chi connectivity index (χ0n) is 9.64. The average molecular weight is 254 g/mol. The number of carboxylic acid groups (broad SMARTS) is 1. The summed E-state index contributed by atoms with van der Waals surface area (Å²) in [7, 11) is 0. The van der Waals surface area contributed by atoms with Gasteiger partial charge in [0, 0.05) is 5.75 Å². The number of rotatable bonds is 2. The summed E-state index contributed by atoms with van der Waals surface area (Å²) in [4.78, 5) is 24.2. The minimum absolute atomic E-state index is 0.0849. The SMILES string of the molecule is CC(C)=CC1=C(C(=O)O)N2C(=O)C(N)C2SC1. The maximum absolute atomic E-state index is 11.6. The zero-order valence-corrected chi connectivity index (χ0v) is 10.5. The number of amides is 1. The number of carbonyl (C=O) groups excluding carboxylic acids is 1. The minimum atomic E-state index is -1.07. The number of carboxylic acids is 1. The molecule has 0 aliphatic carbocycles. The van der Waals surface area contributed by atoms with Crippen molar-refractivity contribution >= 4 is 23.6 Å². The number of hydrogen-bond acceptors (Lipinski definition) is 4. The van der Waals surface area contributed by atoms with E-state index >= 15 is 0 Å². The van der Waals surface area contributed by atoms with E-state index in [0.29, 0.717) is 11.3 Å². The van der Waals surface area contributed by atoms with Gasteiger partial charge in [-0.05, 0) is 19.4 Å². The van der Waals surface area contributed by atoms with Crippen LogP contribution in [0.25, 0.3) is 0 Å². The van der Waals surface area contributed by atoms with Gasteiger partial charge in [0.25, 0.3) is 0 Å². The fourth-order valence-electron chi connectivity index (χ4n) is 2.00. The minimum Gasteiger partial charge on any atom is -0.477 e. The molecule has 3 N–H and O–H groups in total. The first-order chi connectivity index (χ1) is 7.93. The summed E-state index contributed by atoms with van der Waals surface area (Å²) in [5.41, 5.74) is 7.42. The third-order valence-corrected chi connectivity index (χ3v) is 4.03. The van der Waals surface area contributed by atoms with Crippen molar-refractivity contribution in [1.82, 2.24) is 4.90 Å². The Morgan fingerprint density at radius 3 is 2.76 bits per heavy atom. The van der Waals surface area contributed by atoms with E-state index in [1.165, 1.54) is 16.7 Å². The normalized spacial score (nSPS) is 27.5. The number of thioether (sulfide) groups is 1. The van der Waals surface area contributed by atoms with Crippen LogP contribution in [0, 0.1) is 0 Å². The maximum Gasteiger partial charge on any atom is 0.352 e. The molecule has 0 aromatic rings. The highest BCUT2D eigenvalue weighted by Crippen LogP contribution is 2.39. The van der Waals surface area contributed by atoms with Gasteiger partial charge in [0.05, 0.1) is 0 Å². The summed E-state index contributed by atoms with van der Waals surface area (Å²) >= 11 is 1.51. The summed E-state index contributed by atoms with van der Waals surface area (Å²) in [6.45, 7) is 3.79. The third-order valence-electron chi connectivity index (χ3n) is 2.70. The highest BCUT2D eigenvalue weighted by atomic mass is 32.2. The number of hydrogen-bond donors (Lipinski definition) is 2. The van der Waals surface area contributed by atoms with Gasteiger partial charge in [-0.3, -0.25) is 9.69 Å². The summed E-state index contributed by atoms with van der Waals surface area (Å²) in [6, 6.07) is -0.567. The second kappa shape index (κ2) is 4.19. The molecule has 1 fully saturated rings. The van der Waals surface area contributed by atoms with Crippen LogP contribution >= 0.6 is 11.8 Å². The number of carbonyl (C=O) groups is 2. The van der Waals surface area contributed by atoms with Gasteiger partial charge in [0.2, 0.25) is 5.91 Å². The van der Waals surface area contributed by atoms with E-state index in [4.69, 9.17) is 5.73 Å². The van der Waals surface area contributed by atoms with E-state index in [1.807, 2.05) is 19.9 Å². The highest BCUT2D eigenvalue weighted by Gasteiger charge is 2.51. The van der Waals surface area contributed by atoms with Crippen molar-refractivity contribution in [2.75, 3.05) is 5.75 Å². The highest BCUT2D eigenvalue weighted by molar-refractivity contribution is 8.00. The number of allylic oxidation sites excluding steroid dienone is 2. The van der Waals surface area contributed by atoms with Crippen LogP contribution in [-0.4, -0.2) is 39.1 Å². The summed E-state index contributed by atoms with van der Waals surface area (Å²) in [5.74, 6) is -0.795. The van der Waals surface area contributed by atoms with Crippen LogP contribution in [0.1, 0.15) is 13.8 Å². The molecule has 2 unspecified atom stereocenters. The summed E-state index contributed by atoms with van der Waals surface area (Å²) in [5, 5.41) is 9.00. The predicted octanol–water partition coefficient (Wildman–Crippen LogP) is 0.534. The molecule has 2 atom stereocenters. The predicted molar refractivity (Wildman–Crippen MR) is 65.2 cm³/mol. The van der Waals surface area contributed by atoms with Gasteiger partial charge in [-0.25, -0.2) is 4.79 Å². The largest absolute Gasteiger partial charge is 0.477 e. The first kappa shape index (κ1) is 12.2. The average Bonchev–Trinajstić information content (AvgIpc) is 2.26. The molecule has 0 bridgehead atoms. The summed E-state index contributed by atoms with van der Waals surface area (Å²) in [6.07, 6.45) is 1.81. The molecule has 0 spiro atoms. The summed E-state index contributed by atoms with van der Waals surface area (Å²) < 4.78 is 0. The van der Waals surface area contributed by atoms with Gasteiger partial charge in [-0.15, -0.1) is 11.8 Å². The van der Waals surface area contributed by atoms with Gasteiger partial charge in [0.15, 0.2) is 0 Å². The van der Waals surface area contributed by atoms with Crippen molar-refractivity contribution in [3.8, 4) is 0 Å². The monoisotopic (exact) mass is 254 g/mol. The molecule has 1 saturated heterocycles. The smallest absolute Gasteiger partial charge is 0.352 e. The molecule has 0 saturated carbocycles. The molecule has 2 heterocycles. The molecule has 2 aliphatic rings. The molecule has 2 aliphatic heterocycles. The molecule has 0 aromatic heterocycles. The lowest BCUT2D eigenvalue weighted by Crippen LogP contribution is -2.68. The van der Waals surface area contributed by atoms with Crippen LogP contribution in [0.5, 0.6) is 0 Å². The van der Waals surface area contributed by atoms with Crippen LogP contribution < -0.4 is 5.73 Å². The topological polar surface area (TPSA) is 83.6 Å². The van der Waals surface area contributed by atoms with E-state index in [9.17, 15) is 14.7 Å². The maximum atomic E-state index is 11.6. The van der Waals surface area contributed by atoms with Crippen LogP contribution in [-0.2, 0) is 9.59 Å². The standard InChI is InChI=1S/C11H14N2O3S/c1-5(2)3-6-4-17-10-7(12)9(14)13(10)8(6)11(15)16/h3,7,10H,4,12H2,1-2H3,(H,15,16). The van der Waals surface area contributed by atoms with Gasteiger partial charge >= 0.3 is 5.97 Å². The van der Waals surface area contributed by atoms with Crippen molar-refractivity contribution in [1.29, 1.82) is 0 Å². The molecule has 1 amide bonds. The van der Waals surface area contributed by atoms with Crippen molar-refractivity contribution in [3.63, 3.8) is 0 Å². The van der Waals surface area contributed by atoms with Gasteiger partial charge in [-0.2, -0.15) is 0 Å². The lowest BCUT2D eigenvalue weighted by Gasteiger charge is -2.47. The van der Waals surface area contributed by atoms with Gasteiger partial charge in [0.1, 0.15) is 17.1 Å². The lowest BCUT2D eigenvalue weighted by atomic mass is 10.0. The second-order valence-corrected chi connectivity index (χ2v) is 5.44. The lowest BCUT2D eigenvalue weighted by molar-refractivity contribution is -0.147. The molecule has 5 nitrogen and oxygen atoms in total. The van der Waals surface area contributed by atoms with Crippen LogP contribution in [0.15, 0.2) is 22.9 Å². The Labute approximate surface area is 103 Å².